The highest BCUT2D eigenvalue weighted by molar-refractivity contribution is 7.98. The Labute approximate surface area is 176 Å². The Morgan fingerprint density at radius 1 is 0.800 bits per heavy atom. The minimum absolute atomic E-state index is 0.160. The van der Waals surface area contributed by atoms with Crippen molar-refractivity contribution < 1.29 is 4.39 Å². The summed E-state index contributed by atoms with van der Waals surface area (Å²) in [6.07, 6.45) is 0. The van der Waals surface area contributed by atoms with Gasteiger partial charge in [0.1, 0.15) is 5.82 Å². The molecular formula is C25H17FN2OS. The summed E-state index contributed by atoms with van der Waals surface area (Å²) < 4.78 is 15.0. The van der Waals surface area contributed by atoms with Gasteiger partial charge < -0.3 is 0 Å². The van der Waals surface area contributed by atoms with Gasteiger partial charge in [-0.25, -0.2) is 9.37 Å². The van der Waals surface area contributed by atoms with Crippen LogP contribution < -0.4 is 5.56 Å². The molecule has 4 aromatic carbocycles. The summed E-state index contributed by atoms with van der Waals surface area (Å²) in [5, 5.41) is 3.48. The van der Waals surface area contributed by atoms with E-state index in [1.54, 1.807) is 22.8 Å². The van der Waals surface area contributed by atoms with Crippen LogP contribution in [0.15, 0.2) is 101 Å². The van der Waals surface area contributed by atoms with Crippen LogP contribution in [-0.2, 0) is 5.75 Å². The molecule has 0 amide bonds. The first-order valence-electron chi connectivity index (χ1n) is 9.58. The number of halogens is 1. The predicted molar refractivity (Wildman–Crippen MR) is 121 cm³/mol. The normalized spacial score (nSPS) is 11.2. The highest BCUT2D eigenvalue weighted by Crippen LogP contribution is 2.28. The summed E-state index contributed by atoms with van der Waals surface area (Å²) in [7, 11) is 0. The fraction of sp³-hybridized carbons (Fsp3) is 0.0400. The van der Waals surface area contributed by atoms with Crippen LogP contribution in [0.3, 0.4) is 0 Å². The summed E-state index contributed by atoms with van der Waals surface area (Å²) in [6, 6.07) is 27.7. The van der Waals surface area contributed by atoms with Crippen molar-refractivity contribution in [2.45, 2.75) is 10.9 Å². The molecule has 0 unspecified atom stereocenters. The highest BCUT2D eigenvalue weighted by atomic mass is 32.2. The van der Waals surface area contributed by atoms with E-state index in [-0.39, 0.29) is 11.4 Å². The van der Waals surface area contributed by atoms with Gasteiger partial charge in [0, 0.05) is 5.75 Å². The Hall–Kier alpha value is -3.44. The number of benzene rings is 4. The minimum Gasteiger partial charge on any atom is -0.268 e. The van der Waals surface area contributed by atoms with E-state index in [9.17, 15) is 9.18 Å². The summed E-state index contributed by atoms with van der Waals surface area (Å²) in [6.45, 7) is 0. The number of aromatic nitrogens is 2. The largest absolute Gasteiger partial charge is 0.268 e. The molecule has 0 N–H and O–H groups in total. The van der Waals surface area contributed by atoms with Gasteiger partial charge in [0.05, 0.1) is 16.6 Å². The van der Waals surface area contributed by atoms with Gasteiger partial charge in [-0.05, 0) is 52.7 Å². The van der Waals surface area contributed by atoms with Gasteiger partial charge in [0.25, 0.3) is 5.56 Å². The minimum atomic E-state index is -0.342. The maximum absolute atomic E-state index is 13.5. The zero-order valence-electron chi connectivity index (χ0n) is 16.0. The van der Waals surface area contributed by atoms with Crippen LogP contribution in [0.1, 0.15) is 5.56 Å². The Morgan fingerprint density at radius 3 is 2.33 bits per heavy atom. The Morgan fingerprint density at radius 2 is 1.50 bits per heavy atom. The second kappa shape index (κ2) is 7.76. The van der Waals surface area contributed by atoms with Gasteiger partial charge in [-0.1, -0.05) is 66.4 Å². The van der Waals surface area contributed by atoms with Gasteiger partial charge in [-0.15, -0.1) is 0 Å². The van der Waals surface area contributed by atoms with Crippen molar-refractivity contribution in [2.75, 3.05) is 0 Å². The molecule has 0 saturated carbocycles. The molecule has 1 aromatic heterocycles. The van der Waals surface area contributed by atoms with Crippen molar-refractivity contribution in [3.05, 3.63) is 113 Å². The molecule has 0 spiro atoms. The van der Waals surface area contributed by atoms with Crippen LogP contribution >= 0.6 is 11.8 Å². The Bertz CT molecular complexity index is 1420. The zero-order chi connectivity index (χ0) is 20.5. The molecule has 5 rings (SSSR count). The molecule has 0 aliphatic rings. The second-order valence-electron chi connectivity index (χ2n) is 6.96. The zero-order valence-corrected chi connectivity index (χ0v) is 16.8. The van der Waals surface area contributed by atoms with E-state index in [2.05, 4.69) is 24.3 Å². The highest BCUT2D eigenvalue weighted by Gasteiger charge is 2.14. The third-order valence-corrected chi connectivity index (χ3v) is 6.05. The quantitative estimate of drug-likeness (QED) is 0.269. The summed E-state index contributed by atoms with van der Waals surface area (Å²) in [4.78, 5) is 18.0. The fourth-order valence-corrected chi connectivity index (χ4v) is 4.60. The molecule has 5 aromatic rings. The van der Waals surface area contributed by atoms with Gasteiger partial charge in [-0.2, -0.15) is 0 Å². The third-order valence-electron chi connectivity index (χ3n) is 5.07. The molecule has 0 fully saturated rings. The standard InChI is InChI=1S/C25H17FN2OS/c26-19-12-14-20(15-13-19)28-24(29)22-10-3-4-11-23(22)27-25(28)30-16-18-8-5-7-17-6-1-2-9-21(17)18/h1-15H,16H2. The van der Waals surface area contributed by atoms with Crippen molar-refractivity contribution >= 4 is 33.4 Å². The molecule has 3 nitrogen and oxygen atoms in total. The van der Waals surface area contributed by atoms with Crippen molar-refractivity contribution in [2.24, 2.45) is 0 Å². The number of hydrogen-bond acceptors (Lipinski definition) is 3. The lowest BCUT2D eigenvalue weighted by molar-refractivity contribution is 0.627. The summed E-state index contributed by atoms with van der Waals surface area (Å²) in [5.74, 6) is 0.318. The van der Waals surface area contributed by atoms with Crippen LogP contribution in [0.2, 0.25) is 0 Å². The van der Waals surface area contributed by atoms with Crippen molar-refractivity contribution in [1.82, 2.24) is 9.55 Å². The van der Waals surface area contributed by atoms with Gasteiger partial charge in [-0.3, -0.25) is 9.36 Å². The molecule has 0 aliphatic heterocycles. The number of fused-ring (bicyclic) bond motifs is 2. The molecule has 146 valence electrons. The maximum Gasteiger partial charge on any atom is 0.266 e. The van der Waals surface area contributed by atoms with Gasteiger partial charge >= 0.3 is 0 Å². The van der Waals surface area contributed by atoms with E-state index < -0.39 is 0 Å². The Kier molecular flexibility index (Phi) is 4.81. The van der Waals surface area contributed by atoms with Crippen LogP contribution in [0.25, 0.3) is 27.4 Å². The van der Waals surface area contributed by atoms with E-state index in [1.165, 1.54) is 40.2 Å². The van der Waals surface area contributed by atoms with E-state index in [4.69, 9.17) is 4.98 Å². The van der Waals surface area contributed by atoms with Gasteiger partial charge in [0.2, 0.25) is 0 Å². The first kappa shape index (κ1) is 18.6. The van der Waals surface area contributed by atoms with Crippen LogP contribution in [0.5, 0.6) is 0 Å². The third kappa shape index (κ3) is 3.37. The van der Waals surface area contributed by atoms with Crippen LogP contribution in [0.4, 0.5) is 4.39 Å². The summed E-state index contributed by atoms with van der Waals surface area (Å²) >= 11 is 1.50. The molecule has 0 atom stereocenters. The van der Waals surface area contributed by atoms with Crippen LogP contribution in [0, 0.1) is 5.82 Å². The van der Waals surface area contributed by atoms with Crippen molar-refractivity contribution in [1.29, 1.82) is 0 Å². The van der Waals surface area contributed by atoms with E-state index >= 15 is 0 Å². The lowest BCUT2D eigenvalue weighted by Gasteiger charge is -2.14. The lowest BCUT2D eigenvalue weighted by atomic mass is 10.1. The van der Waals surface area contributed by atoms with E-state index in [1.807, 2.05) is 36.4 Å². The second-order valence-corrected chi connectivity index (χ2v) is 7.90. The smallest absolute Gasteiger partial charge is 0.266 e. The average molecular weight is 412 g/mol. The monoisotopic (exact) mass is 412 g/mol. The van der Waals surface area contributed by atoms with E-state index in [0.717, 1.165) is 0 Å². The molecule has 1 heterocycles. The molecule has 0 radical (unpaired) electrons. The molecular weight excluding hydrogens is 395 g/mol. The molecule has 0 aliphatic carbocycles. The van der Waals surface area contributed by atoms with E-state index in [0.29, 0.717) is 27.5 Å². The predicted octanol–water partition coefficient (Wildman–Crippen LogP) is 5.97. The first-order chi connectivity index (χ1) is 14.7. The molecule has 5 heteroatoms. The number of hydrogen-bond donors (Lipinski definition) is 0. The molecule has 0 bridgehead atoms. The number of para-hydroxylation sites is 1. The first-order valence-corrected chi connectivity index (χ1v) is 10.6. The number of rotatable bonds is 4. The van der Waals surface area contributed by atoms with Crippen molar-refractivity contribution in [3.63, 3.8) is 0 Å². The number of thioether (sulfide) groups is 1. The SMILES string of the molecule is O=c1c2ccccc2nc(SCc2cccc3ccccc23)n1-c1ccc(F)cc1. The summed E-state index contributed by atoms with van der Waals surface area (Å²) in [5.41, 5.74) is 2.26. The maximum atomic E-state index is 13.5. The lowest BCUT2D eigenvalue weighted by Crippen LogP contribution is -2.21. The van der Waals surface area contributed by atoms with Crippen LogP contribution in [-0.4, -0.2) is 9.55 Å². The number of nitrogens with zero attached hydrogens (tertiary/aromatic N) is 2. The molecule has 30 heavy (non-hydrogen) atoms. The Balaban J connectivity index is 1.63. The topological polar surface area (TPSA) is 34.9 Å². The molecule has 0 saturated heterocycles. The van der Waals surface area contributed by atoms with Crippen molar-refractivity contribution in [3.8, 4) is 5.69 Å². The average Bonchev–Trinajstić information content (AvgIpc) is 2.79. The fourth-order valence-electron chi connectivity index (χ4n) is 3.59. The van der Waals surface area contributed by atoms with Gasteiger partial charge in [0.15, 0.2) is 5.16 Å².